The SMILES string of the molecule is Cc1cc(C#CCN)cc(NC(=O)c2cncnc2)c1. The van der Waals surface area contributed by atoms with Crippen LogP contribution in [0.3, 0.4) is 0 Å². The van der Waals surface area contributed by atoms with Crippen molar-refractivity contribution in [2.24, 2.45) is 5.73 Å². The standard InChI is InChI=1S/C15H14N4O/c1-11-5-12(3-2-4-16)7-14(6-11)19-15(20)13-8-17-10-18-9-13/h5-10H,4,16H2,1H3,(H,19,20). The Morgan fingerprint density at radius 1 is 1.30 bits per heavy atom. The molecule has 1 aromatic heterocycles. The molecule has 5 heteroatoms. The maximum Gasteiger partial charge on any atom is 0.258 e. The van der Waals surface area contributed by atoms with Gasteiger partial charge in [-0.15, -0.1) is 0 Å². The number of benzene rings is 1. The number of rotatable bonds is 2. The van der Waals surface area contributed by atoms with Gasteiger partial charge in [-0.2, -0.15) is 0 Å². The number of anilines is 1. The number of aromatic nitrogens is 2. The summed E-state index contributed by atoms with van der Waals surface area (Å²) >= 11 is 0. The van der Waals surface area contributed by atoms with Gasteiger partial charge in [-0.1, -0.05) is 11.8 Å². The van der Waals surface area contributed by atoms with Crippen LogP contribution in [-0.4, -0.2) is 22.4 Å². The van der Waals surface area contributed by atoms with Gasteiger partial charge < -0.3 is 11.1 Å². The second-order valence-corrected chi connectivity index (χ2v) is 4.17. The molecular weight excluding hydrogens is 252 g/mol. The van der Waals surface area contributed by atoms with Crippen LogP contribution < -0.4 is 11.1 Å². The molecule has 0 saturated heterocycles. The number of carbonyl (C=O) groups is 1. The third-order valence-electron chi connectivity index (χ3n) is 2.49. The van der Waals surface area contributed by atoms with Crippen molar-refractivity contribution in [2.45, 2.75) is 6.92 Å². The van der Waals surface area contributed by atoms with E-state index in [-0.39, 0.29) is 5.91 Å². The summed E-state index contributed by atoms with van der Waals surface area (Å²) in [5.74, 6) is 5.48. The third-order valence-corrected chi connectivity index (χ3v) is 2.49. The zero-order valence-corrected chi connectivity index (χ0v) is 11.1. The zero-order valence-electron chi connectivity index (χ0n) is 11.1. The lowest BCUT2D eigenvalue weighted by atomic mass is 10.1. The molecule has 0 spiro atoms. The molecule has 100 valence electrons. The normalized spacial score (nSPS) is 9.50. The number of carbonyl (C=O) groups excluding carboxylic acids is 1. The number of hydrogen-bond donors (Lipinski definition) is 2. The summed E-state index contributed by atoms with van der Waals surface area (Å²) in [5.41, 5.74) is 8.26. The van der Waals surface area contributed by atoms with Gasteiger partial charge in [0.2, 0.25) is 0 Å². The van der Waals surface area contributed by atoms with Crippen LogP contribution in [0.2, 0.25) is 0 Å². The van der Waals surface area contributed by atoms with Gasteiger partial charge in [-0.25, -0.2) is 9.97 Å². The number of nitrogens with one attached hydrogen (secondary N) is 1. The Kier molecular flexibility index (Phi) is 4.43. The molecule has 0 aliphatic rings. The van der Waals surface area contributed by atoms with Crippen molar-refractivity contribution < 1.29 is 4.79 Å². The highest BCUT2D eigenvalue weighted by Gasteiger charge is 2.07. The molecule has 1 amide bonds. The van der Waals surface area contributed by atoms with Crippen molar-refractivity contribution in [1.82, 2.24) is 9.97 Å². The van der Waals surface area contributed by atoms with Crippen molar-refractivity contribution in [3.8, 4) is 11.8 Å². The molecule has 0 saturated carbocycles. The van der Waals surface area contributed by atoms with Crippen LogP contribution in [0.15, 0.2) is 36.9 Å². The molecule has 2 aromatic rings. The van der Waals surface area contributed by atoms with Crippen LogP contribution >= 0.6 is 0 Å². The number of nitrogens with zero attached hydrogens (tertiary/aromatic N) is 2. The molecule has 0 fully saturated rings. The number of amides is 1. The fraction of sp³-hybridized carbons (Fsp3) is 0.133. The minimum atomic E-state index is -0.256. The molecule has 0 aliphatic carbocycles. The van der Waals surface area contributed by atoms with Crippen LogP contribution in [0, 0.1) is 18.8 Å². The molecule has 0 bridgehead atoms. The third kappa shape index (κ3) is 3.64. The molecule has 0 aliphatic heterocycles. The summed E-state index contributed by atoms with van der Waals surface area (Å²) in [4.78, 5) is 19.6. The van der Waals surface area contributed by atoms with E-state index in [0.717, 1.165) is 11.1 Å². The maximum absolute atomic E-state index is 12.0. The first-order valence-corrected chi connectivity index (χ1v) is 6.06. The van der Waals surface area contributed by atoms with E-state index in [2.05, 4.69) is 27.1 Å². The van der Waals surface area contributed by atoms with Crippen molar-refractivity contribution in [3.63, 3.8) is 0 Å². The Bertz CT molecular complexity index is 671. The number of aryl methyl sites for hydroxylation is 1. The van der Waals surface area contributed by atoms with E-state index in [1.54, 1.807) is 6.07 Å². The Hall–Kier alpha value is -2.71. The molecule has 1 heterocycles. The predicted molar refractivity (Wildman–Crippen MR) is 77.1 cm³/mol. The minimum absolute atomic E-state index is 0.256. The quantitative estimate of drug-likeness (QED) is 0.804. The van der Waals surface area contributed by atoms with Crippen LogP contribution in [0.1, 0.15) is 21.5 Å². The highest BCUT2D eigenvalue weighted by Crippen LogP contribution is 2.14. The molecule has 2 rings (SSSR count). The van der Waals surface area contributed by atoms with Gasteiger partial charge in [-0.05, 0) is 30.7 Å². The van der Waals surface area contributed by atoms with Gasteiger partial charge >= 0.3 is 0 Å². The maximum atomic E-state index is 12.0. The van der Waals surface area contributed by atoms with Crippen LogP contribution in [-0.2, 0) is 0 Å². The molecule has 20 heavy (non-hydrogen) atoms. The van der Waals surface area contributed by atoms with Gasteiger partial charge in [0.1, 0.15) is 6.33 Å². The van der Waals surface area contributed by atoms with Gasteiger partial charge in [-0.3, -0.25) is 4.79 Å². The fourth-order valence-electron chi connectivity index (χ4n) is 1.70. The molecular formula is C15H14N4O. The first-order valence-electron chi connectivity index (χ1n) is 6.06. The highest BCUT2D eigenvalue weighted by molar-refractivity contribution is 6.03. The average molecular weight is 266 g/mol. The van der Waals surface area contributed by atoms with E-state index >= 15 is 0 Å². The summed E-state index contributed by atoms with van der Waals surface area (Å²) < 4.78 is 0. The summed E-state index contributed by atoms with van der Waals surface area (Å²) in [6.07, 6.45) is 4.31. The Morgan fingerprint density at radius 2 is 2.05 bits per heavy atom. The lowest BCUT2D eigenvalue weighted by molar-refractivity contribution is 0.102. The molecule has 3 N–H and O–H groups in total. The predicted octanol–water partition coefficient (Wildman–Crippen LogP) is 1.35. The lowest BCUT2D eigenvalue weighted by Gasteiger charge is -2.06. The molecule has 0 atom stereocenters. The van der Waals surface area contributed by atoms with E-state index in [1.807, 2.05) is 19.1 Å². The average Bonchev–Trinajstić information content (AvgIpc) is 2.45. The molecule has 0 unspecified atom stereocenters. The minimum Gasteiger partial charge on any atom is -0.322 e. The van der Waals surface area contributed by atoms with Gasteiger partial charge in [0.15, 0.2) is 0 Å². The summed E-state index contributed by atoms with van der Waals surface area (Å²) in [7, 11) is 0. The van der Waals surface area contributed by atoms with Gasteiger partial charge in [0, 0.05) is 23.6 Å². The Balaban J connectivity index is 2.21. The second kappa shape index (κ2) is 6.45. The van der Waals surface area contributed by atoms with Crippen molar-refractivity contribution in [2.75, 3.05) is 11.9 Å². The first kappa shape index (κ1) is 13.7. The summed E-state index contributed by atoms with van der Waals surface area (Å²) in [5, 5.41) is 2.80. The highest BCUT2D eigenvalue weighted by atomic mass is 16.1. The second-order valence-electron chi connectivity index (χ2n) is 4.17. The first-order chi connectivity index (χ1) is 9.69. The van der Waals surface area contributed by atoms with Crippen LogP contribution in [0.4, 0.5) is 5.69 Å². The zero-order chi connectivity index (χ0) is 14.4. The topological polar surface area (TPSA) is 80.9 Å². The van der Waals surface area contributed by atoms with Crippen molar-refractivity contribution in [3.05, 3.63) is 53.6 Å². The van der Waals surface area contributed by atoms with E-state index in [9.17, 15) is 4.79 Å². The Morgan fingerprint density at radius 3 is 2.75 bits per heavy atom. The number of nitrogens with two attached hydrogens (primary N) is 1. The monoisotopic (exact) mass is 266 g/mol. The fourth-order valence-corrected chi connectivity index (χ4v) is 1.70. The van der Waals surface area contributed by atoms with E-state index in [0.29, 0.717) is 17.8 Å². The summed E-state index contributed by atoms with van der Waals surface area (Å²) in [6, 6.07) is 5.61. The van der Waals surface area contributed by atoms with E-state index < -0.39 is 0 Å². The molecule has 1 aromatic carbocycles. The molecule has 5 nitrogen and oxygen atoms in total. The molecule has 0 radical (unpaired) electrons. The lowest BCUT2D eigenvalue weighted by Crippen LogP contribution is -2.12. The largest absolute Gasteiger partial charge is 0.322 e. The summed E-state index contributed by atoms with van der Waals surface area (Å²) in [6.45, 7) is 2.24. The van der Waals surface area contributed by atoms with Crippen LogP contribution in [0.5, 0.6) is 0 Å². The van der Waals surface area contributed by atoms with E-state index in [4.69, 9.17) is 5.73 Å². The number of hydrogen-bond acceptors (Lipinski definition) is 4. The Labute approximate surface area is 117 Å². The van der Waals surface area contributed by atoms with Crippen LogP contribution in [0.25, 0.3) is 0 Å². The van der Waals surface area contributed by atoms with Crippen molar-refractivity contribution >= 4 is 11.6 Å². The van der Waals surface area contributed by atoms with Crippen molar-refractivity contribution in [1.29, 1.82) is 0 Å². The smallest absolute Gasteiger partial charge is 0.258 e. The van der Waals surface area contributed by atoms with E-state index in [1.165, 1.54) is 18.7 Å². The van der Waals surface area contributed by atoms with Gasteiger partial charge in [0.05, 0.1) is 12.1 Å². The van der Waals surface area contributed by atoms with Gasteiger partial charge in [0.25, 0.3) is 5.91 Å².